The zero-order valence-electron chi connectivity index (χ0n) is 11.8. The summed E-state index contributed by atoms with van der Waals surface area (Å²) in [4.78, 5) is 14.5. The van der Waals surface area contributed by atoms with Crippen LogP contribution in [0.3, 0.4) is 0 Å². The van der Waals surface area contributed by atoms with Gasteiger partial charge in [-0.25, -0.2) is 14.2 Å². The van der Waals surface area contributed by atoms with E-state index in [1.165, 1.54) is 12.1 Å². The summed E-state index contributed by atoms with van der Waals surface area (Å²) in [6.07, 6.45) is -1.62. The van der Waals surface area contributed by atoms with Crippen molar-refractivity contribution in [1.82, 2.24) is 4.98 Å². The smallest absolute Gasteiger partial charge is 0.492 e. The van der Waals surface area contributed by atoms with Crippen LogP contribution in [0.15, 0.2) is 18.2 Å². The van der Waals surface area contributed by atoms with Crippen LogP contribution in [-0.2, 0) is 0 Å². The molecule has 0 spiro atoms. The number of anilines is 1. The molecule has 2 aromatic rings. The fourth-order valence-electron chi connectivity index (χ4n) is 1.80. The molecule has 122 valence electrons. The predicted molar refractivity (Wildman–Crippen MR) is 83.9 cm³/mol. The number of benzene rings is 1. The van der Waals surface area contributed by atoms with Gasteiger partial charge in [0.15, 0.2) is 0 Å². The van der Waals surface area contributed by atoms with Crippen LogP contribution in [0.1, 0.15) is 6.92 Å². The molecule has 3 N–H and O–H groups in total. The summed E-state index contributed by atoms with van der Waals surface area (Å²) in [6.45, 7) is 2.07. The van der Waals surface area contributed by atoms with Gasteiger partial charge >= 0.3 is 6.16 Å². The molecule has 23 heavy (non-hydrogen) atoms. The number of hydrogen-bond acceptors (Lipinski definition) is 5. The lowest BCUT2D eigenvalue weighted by Crippen LogP contribution is -2.07. The van der Waals surface area contributed by atoms with Crippen molar-refractivity contribution in [3.05, 3.63) is 34.1 Å². The normalized spacial score (nSPS) is 10.4. The van der Waals surface area contributed by atoms with Crippen LogP contribution in [0.25, 0.3) is 11.3 Å². The fraction of sp³-hybridized carbons (Fsp3) is 0.143. The van der Waals surface area contributed by atoms with Gasteiger partial charge in [-0.1, -0.05) is 23.2 Å². The Labute approximate surface area is 140 Å². The average molecular weight is 361 g/mol. The summed E-state index contributed by atoms with van der Waals surface area (Å²) in [5.41, 5.74) is 5.71. The average Bonchev–Trinajstić information content (AvgIpc) is 2.46. The Morgan fingerprint density at radius 1 is 1.39 bits per heavy atom. The van der Waals surface area contributed by atoms with Gasteiger partial charge in [0.1, 0.15) is 16.6 Å². The molecular formula is C14H11Cl2FN2O4. The Morgan fingerprint density at radius 3 is 2.70 bits per heavy atom. The molecule has 0 fully saturated rings. The summed E-state index contributed by atoms with van der Waals surface area (Å²) < 4.78 is 23.9. The van der Waals surface area contributed by atoms with Gasteiger partial charge in [-0.15, -0.1) is 0 Å². The first-order valence-corrected chi connectivity index (χ1v) is 7.08. The largest absolute Gasteiger partial charge is 0.512 e. The van der Waals surface area contributed by atoms with E-state index in [9.17, 15) is 9.18 Å². The van der Waals surface area contributed by atoms with Crippen molar-refractivity contribution in [2.45, 2.75) is 6.92 Å². The van der Waals surface area contributed by atoms with E-state index in [4.69, 9.17) is 38.8 Å². The standard InChI is InChI=1S/C14H11Cl2FN2O4/c1-2-22-11-3-6(8(17)4-7(11)15)10-5-9(18)12(16)13(19-10)23-14(20)21/h3-5H,2H2,1H3,(H2,18,19)(H,20,21). The topological polar surface area (TPSA) is 94.7 Å². The number of carboxylic acid groups (broad SMARTS) is 1. The first-order valence-electron chi connectivity index (χ1n) is 6.32. The summed E-state index contributed by atoms with van der Waals surface area (Å²) >= 11 is 11.7. The van der Waals surface area contributed by atoms with Crippen molar-refractivity contribution in [1.29, 1.82) is 0 Å². The number of carbonyl (C=O) groups is 1. The number of nitrogen functional groups attached to an aromatic ring is 1. The minimum Gasteiger partial charge on any atom is -0.492 e. The van der Waals surface area contributed by atoms with Crippen molar-refractivity contribution in [3.8, 4) is 22.9 Å². The second-order valence-electron chi connectivity index (χ2n) is 4.28. The Bertz CT molecular complexity index is 771. The molecule has 0 aliphatic rings. The highest BCUT2D eigenvalue weighted by Crippen LogP contribution is 2.37. The van der Waals surface area contributed by atoms with E-state index >= 15 is 0 Å². The molecule has 6 nitrogen and oxygen atoms in total. The third-order valence-corrected chi connectivity index (χ3v) is 3.41. The SMILES string of the molecule is CCOc1cc(-c2cc(N)c(Cl)c(OC(=O)O)n2)c(F)cc1Cl. The summed E-state index contributed by atoms with van der Waals surface area (Å²) in [7, 11) is 0. The van der Waals surface area contributed by atoms with Crippen LogP contribution in [0.5, 0.6) is 11.6 Å². The quantitative estimate of drug-likeness (QED) is 0.792. The Morgan fingerprint density at radius 2 is 2.09 bits per heavy atom. The molecule has 0 aliphatic heterocycles. The molecule has 0 radical (unpaired) electrons. The molecule has 1 aromatic carbocycles. The number of pyridine rings is 1. The number of rotatable bonds is 4. The van der Waals surface area contributed by atoms with Crippen LogP contribution in [0.2, 0.25) is 10.0 Å². The Kier molecular flexibility index (Phi) is 5.12. The van der Waals surface area contributed by atoms with E-state index in [1.54, 1.807) is 6.92 Å². The second kappa shape index (κ2) is 6.89. The van der Waals surface area contributed by atoms with Gasteiger partial charge in [0.05, 0.1) is 23.0 Å². The number of halogens is 3. The van der Waals surface area contributed by atoms with E-state index in [-0.39, 0.29) is 32.7 Å². The number of hydrogen-bond donors (Lipinski definition) is 2. The van der Waals surface area contributed by atoms with E-state index < -0.39 is 17.9 Å². The molecule has 2 rings (SSSR count). The van der Waals surface area contributed by atoms with Gasteiger partial charge in [0.25, 0.3) is 0 Å². The summed E-state index contributed by atoms with van der Waals surface area (Å²) in [5, 5.41) is 8.59. The maximum absolute atomic E-state index is 14.2. The van der Waals surface area contributed by atoms with Gasteiger partial charge in [-0.3, -0.25) is 0 Å². The fourth-order valence-corrected chi connectivity index (χ4v) is 2.15. The zero-order valence-corrected chi connectivity index (χ0v) is 13.3. The van der Waals surface area contributed by atoms with Gasteiger partial charge in [0.2, 0.25) is 5.88 Å². The molecule has 0 unspecified atom stereocenters. The van der Waals surface area contributed by atoms with Crippen molar-refractivity contribution in [3.63, 3.8) is 0 Å². The van der Waals surface area contributed by atoms with Crippen molar-refractivity contribution in [2.75, 3.05) is 12.3 Å². The lowest BCUT2D eigenvalue weighted by atomic mass is 10.1. The van der Waals surface area contributed by atoms with Gasteiger partial charge in [0, 0.05) is 5.56 Å². The second-order valence-corrected chi connectivity index (χ2v) is 5.06. The van der Waals surface area contributed by atoms with Crippen LogP contribution < -0.4 is 15.2 Å². The molecule has 0 saturated heterocycles. The molecule has 0 atom stereocenters. The van der Waals surface area contributed by atoms with Gasteiger partial charge in [-0.05, 0) is 25.1 Å². The molecular weight excluding hydrogens is 350 g/mol. The van der Waals surface area contributed by atoms with Crippen molar-refractivity contribution >= 4 is 35.0 Å². The maximum Gasteiger partial charge on any atom is 0.512 e. The predicted octanol–water partition coefficient (Wildman–Crippen LogP) is 4.23. The number of nitrogens with two attached hydrogens (primary N) is 1. The van der Waals surface area contributed by atoms with Gasteiger partial charge in [-0.2, -0.15) is 0 Å². The van der Waals surface area contributed by atoms with Gasteiger partial charge < -0.3 is 20.3 Å². The van der Waals surface area contributed by atoms with Crippen LogP contribution >= 0.6 is 23.2 Å². The Hall–Kier alpha value is -2.25. The molecule has 0 saturated carbocycles. The van der Waals surface area contributed by atoms with Crippen molar-refractivity contribution in [2.24, 2.45) is 0 Å². The van der Waals surface area contributed by atoms with Crippen LogP contribution in [0.4, 0.5) is 14.9 Å². The highest BCUT2D eigenvalue weighted by atomic mass is 35.5. The highest BCUT2D eigenvalue weighted by Gasteiger charge is 2.18. The van der Waals surface area contributed by atoms with Crippen LogP contribution in [0, 0.1) is 5.82 Å². The number of aromatic nitrogens is 1. The van der Waals surface area contributed by atoms with E-state index in [0.29, 0.717) is 6.61 Å². The number of ether oxygens (including phenoxy) is 2. The van der Waals surface area contributed by atoms with E-state index in [2.05, 4.69) is 9.72 Å². The molecule has 1 aromatic heterocycles. The third kappa shape index (κ3) is 3.75. The minimum absolute atomic E-state index is 0.0106. The molecule has 1 heterocycles. The van der Waals surface area contributed by atoms with Crippen molar-refractivity contribution < 1.29 is 23.8 Å². The maximum atomic E-state index is 14.2. The summed E-state index contributed by atoms with van der Waals surface area (Å²) in [6, 6.07) is 3.69. The molecule has 0 bridgehead atoms. The first kappa shape index (κ1) is 17.1. The third-order valence-electron chi connectivity index (χ3n) is 2.74. The first-order chi connectivity index (χ1) is 10.8. The van der Waals surface area contributed by atoms with E-state index in [0.717, 1.165) is 6.07 Å². The number of nitrogens with zero attached hydrogens (tertiary/aromatic N) is 1. The zero-order chi connectivity index (χ0) is 17.1. The van der Waals surface area contributed by atoms with E-state index in [1.807, 2.05) is 0 Å². The lowest BCUT2D eigenvalue weighted by molar-refractivity contribution is 0.142. The lowest BCUT2D eigenvalue weighted by Gasteiger charge is -2.12. The molecule has 0 amide bonds. The minimum atomic E-state index is -1.62. The molecule has 0 aliphatic carbocycles. The molecule has 9 heteroatoms. The van der Waals surface area contributed by atoms with Crippen LogP contribution in [-0.4, -0.2) is 22.9 Å². The summed E-state index contributed by atoms with van der Waals surface area (Å²) in [5.74, 6) is -0.878. The Balaban J connectivity index is 2.59. The highest BCUT2D eigenvalue weighted by molar-refractivity contribution is 6.34. The monoisotopic (exact) mass is 360 g/mol.